The van der Waals surface area contributed by atoms with Gasteiger partial charge in [-0.05, 0) is 54.1 Å². The van der Waals surface area contributed by atoms with Crippen LogP contribution in [-0.4, -0.2) is 25.4 Å². The predicted molar refractivity (Wildman–Crippen MR) is 146 cm³/mol. The molecule has 8 nitrogen and oxygen atoms in total. The number of anilines is 1. The molecule has 2 N–H and O–H groups in total. The molecule has 0 aliphatic heterocycles. The number of carbonyl (C=O) groups excluding carboxylic acids is 1. The molecule has 0 unspecified atom stereocenters. The summed E-state index contributed by atoms with van der Waals surface area (Å²) >= 11 is 0. The van der Waals surface area contributed by atoms with E-state index in [1.54, 1.807) is 6.20 Å². The van der Waals surface area contributed by atoms with Gasteiger partial charge in [-0.1, -0.05) is 30.3 Å². The molecule has 0 fully saturated rings. The average Bonchev–Trinajstić information content (AvgIpc) is 3.45. The van der Waals surface area contributed by atoms with E-state index >= 15 is 4.39 Å². The molecule has 0 saturated carbocycles. The Hall–Kier alpha value is -5.64. The van der Waals surface area contributed by atoms with Crippen molar-refractivity contribution in [2.75, 3.05) is 5.32 Å². The Morgan fingerprint density at radius 3 is 2.50 bits per heavy atom. The number of hydrogen-bond donors (Lipinski definition) is 2. The Morgan fingerprint density at radius 1 is 0.925 bits per heavy atom. The molecule has 10 heteroatoms. The van der Waals surface area contributed by atoms with Gasteiger partial charge in [0.2, 0.25) is 0 Å². The Kier molecular flexibility index (Phi) is 6.33. The number of hydrogen-bond acceptors (Lipinski definition) is 5. The van der Waals surface area contributed by atoms with Gasteiger partial charge in [0, 0.05) is 35.4 Å². The molecule has 3 aromatic carbocycles. The van der Waals surface area contributed by atoms with Crippen molar-refractivity contribution in [2.45, 2.75) is 0 Å². The molecular weight excluding hydrogens is 516 g/mol. The first-order valence-corrected chi connectivity index (χ1v) is 12.1. The second-order valence-electron chi connectivity index (χ2n) is 8.74. The Balaban J connectivity index is 1.27. The normalized spacial score (nSPS) is 10.9. The summed E-state index contributed by atoms with van der Waals surface area (Å²) < 4.78 is 35.8. The van der Waals surface area contributed by atoms with Crippen LogP contribution < -0.4 is 15.6 Å². The molecule has 6 rings (SSSR count). The fourth-order valence-corrected chi connectivity index (χ4v) is 4.24. The Bertz CT molecular complexity index is 1920. The van der Waals surface area contributed by atoms with Gasteiger partial charge in [0.25, 0.3) is 11.5 Å². The number of carbonyl (C=O) groups is 1. The lowest BCUT2D eigenvalue weighted by molar-refractivity contribution is 0.102. The van der Waals surface area contributed by atoms with Gasteiger partial charge in [0.15, 0.2) is 28.5 Å². The third-order valence-electron chi connectivity index (χ3n) is 6.18. The zero-order chi connectivity index (χ0) is 27.6. The molecule has 1 amide bonds. The number of amides is 1. The van der Waals surface area contributed by atoms with Crippen molar-refractivity contribution in [2.24, 2.45) is 0 Å². The number of halogens is 2. The zero-order valence-corrected chi connectivity index (χ0v) is 20.6. The van der Waals surface area contributed by atoms with Crippen molar-refractivity contribution in [3.8, 4) is 28.3 Å². The van der Waals surface area contributed by atoms with Crippen molar-refractivity contribution < 1.29 is 18.3 Å². The standard InChI is InChI=1S/C30H19F2N5O3/c31-19-8-11-21(12-9-19)37-14-4-7-22(30(37)39)29(38)36-20-10-13-25(24(32)15-20)40-27-23(18-5-2-1-3-6-18)16-33-28-26(27)34-17-35-28/h1-17H,(H,36,38)(H,33,34,35). The van der Waals surface area contributed by atoms with E-state index in [-0.39, 0.29) is 17.0 Å². The van der Waals surface area contributed by atoms with Gasteiger partial charge >= 0.3 is 0 Å². The van der Waals surface area contributed by atoms with Crippen LogP contribution in [0.4, 0.5) is 14.5 Å². The second-order valence-corrected chi connectivity index (χ2v) is 8.74. The van der Waals surface area contributed by atoms with Gasteiger partial charge in [0.05, 0.1) is 6.33 Å². The molecule has 0 spiro atoms. The lowest BCUT2D eigenvalue weighted by atomic mass is 10.1. The maximum atomic E-state index is 15.2. The highest BCUT2D eigenvalue weighted by atomic mass is 19.1. The number of H-pyrrole nitrogens is 1. The van der Waals surface area contributed by atoms with E-state index in [0.717, 1.165) is 11.6 Å². The van der Waals surface area contributed by atoms with Gasteiger partial charge in [0.1, 0.15) is 11.4 Å². The Labute approximate surface area is 225 Å². The fourth-order valence-electron chi connectivity index (χ4n) is 4.24. The molecule has 0 aliphatic carbocycles. The summed E-state index contributed by atoms with van der Waals surface area (Å²) in [5.74, 6) is -1.70. The first kappa shape index (κ1) is 24.7. The van der Waals surface area contributed by atoms with Crippen molar-refractivity contribution >= 4 is 22.8 Å². The number of imidazole rings is 1. The van der Waals surface area contributed by atoms with Gasteiger partial charge in [-0.15, -0.1) is 0 Å². The van der Waals surface area contributed by atoms with E-state index < -0.39 is 23.1 Å². The average molecular weight is 536 g/mol. The Morgan fingerprint density at radius 2 is 1.73 bits per heavy atom. The second kappa shape index (κ2) is 10.3. The number of pyridine rings is 2. The largest absolute Gasteiger partial charge is 0.451 e. The molecule has 3 heterocycles. The number of benzene rings is 3. The number of nitrogens with zero attached hydrogens (tertiary/aromatic N) is 3. The van der Waals surface area contributed by atoms with Crippen molar-refractivity contribution in [1.29, 1.82) is 0 Å². The summed E-state index contributed by atoms with van der Waals surface area (Å²) in [4.78, 5) is 37.4. The third-order valence-corrected chi connectivity index (χ3v) is 6.18. The minimum Gasteiger partial charge on any atom is -0.451 e. The first-order chi connectivity index (χ1) is 19.5. The lowest BCUT2D eigenvalue weighted by Crippen LogP contribution is -2.27. The quantitative estimate of drug-likeness (QED) is 0.268. The number of ether oxygens (including phenoxy) is 1. The van der Waals surface area contributed by atoms with E-state index in [1.165, 1.54) is 65.6 Å². The van der Waals surface area contributed by atoms with Crippen LogP contribution in [0.5, 0.6) is 11.5 Å². The molecule has 0 radical (unpaired) electrons. The highest BCUT2D eigenvalue weighted by Crippen LogP contribution is 2.38. The third kappa shape index (κ3) is 4.69. The summed E-state index contributed by atoms with van der Waals surface area (Å²) in [6.45, 7) is 0. The number of aromatic amines is 1. The molecule has 6 aromatic rings. The van der Waals surface area contributed by atoms with Gasteiger partial charge in [-0.25, -0.2) is 18.7 Å². The number of nitrogens with one attached hydrogen (secondary N) is 2. The highest BCUT2D eigenvalue weighted by molar-refractivity contribution is 6.04. The van der Waals surface area contributed by atoms with Crippen LogP contribution in [0.2, 0.25) is 0 Å². The van der Waals surface area contributed by atoms with Crippen LogP contribution >= 0.6 is 0 Å². The molecule has 0 bridgehead atoms. The molecule has 0 atom stereocenters. The highest BCUT2D eigenvalue weighted by Gasteiger charge is 2.18. The number of fused-ring (bicyclic) bond motifs is 1. The first-order valence-electron chi connectivity index (χ1n) is 12.1. The zero-order valence-electron chi connectivity index (χ0n) is 20.6. The fraction of sp³-hybridized carbons (Fsp3) is 0. The molecule has 0 saturated heterocycles. The van der Waals surface area contributed by atoms with Crippen LogP contribution in [0.25, 0.3) is 28.0 Å². The van der Waals surface area contributed by atoms with E-state index in [0.29, 0.717) is 28.2 Å². The van der Waals surface area contributed by atoms with Gasteiger partial charge in [-0.2, -0.15) is 0 Å². The van der Waals surface area contributed by atoms with Gasteiger partial charge < -0.3 is 15.0 Å². The summed E-state index contributed by atoms with van der Waals surface area (Å²) in [6.07, 6.45) is 4.56. The molecule has 196 valence electrons. The van der Waals surface area contributed by atoms with Crippen LogP contribution in [-0.2, 0) is 0 Å². The summed E-state index contributed by atoms with van der Waals surface area (Å²) in [5.41, 5.74) is 2.08. The minimum atomic E-state index is -0.742. The maximum absolute atomic E-state index is 15.2. The lowest BCUT2D eigenvalue weighted by Gasteiger charge is -2.13. The number of rotatable bonds is 6. The monoisotopic (exact) mass is 535 g/mol. The van der Waals surface area contributed by atoms with E-state index in [9.17, 15) is 14.0 Å². The maximum Gasteiger partial charge on any atom is 0.267 e. The van der Waals surface area contributed by atoms with Crippen molar-refractivity contribution in [1.82, 2.24) is 19.5 Å². The van der Waals surface area contributed by atoms with Crippen LogP contribution in [0.1, 0.15) is 10.4 Å². The smallest absolute Gasteiger partial charge is 0.267 e. The SMILES string of the molecule is O=C(Nc1ccc(Oc2c(-c3ccccc3)cnc3[nH]cnc23)c(F)c1)c1cccn(-c2ccc(F)cc2)c1=O. The summed E-state index contributed by atoms with van der Waals surface area (Å²) in [7, 11) is 0. The minimum absolute atomic E-state index is 0.0935. The topological polar surface area (TPSA) is 102 Å². The number of aromatic nitrogens is 4. The van der Waals surface area contributed by atoms with Crippen LogP contribution in [0.3, 0.4) is 0 Å². The molecular formula is C30H19F2N5O3. The van der Waals surface area contributed by atoms with E-state index in [4.69, 9.17) is 4.74 Å². The summed E-state index contributed by atoms with van der Waals surface area (Å²) in [5, 5.41) is 2.55. The van der Waals surface area contributed by atoms with Crippen LogP contribution in [0.15, 0.2) is 108 Å². The predicted octanol–water partition coefficient (Wildman–Crippen LogP) is 6.10. The van der Waals surface area contributed by atoms with Crippen molar-refractivity contribution in [3.05, 3.63) is 131 Å². The van der Waals surface area contributed by atoms with Gasteiger partial charge in [-0.3, -0.25) is 14.2 Å². The molecule has 3 aromatic heterocycles. The van der Waals surface area contributed by atoms with E-state index in [1.807, 2.05) is 30.3 Å². The summed E-state index contributed by atoms with van der Waals surface area (Å²) in [6, 6.07) is 21.5. The molecule has 40 heavy (non-hydrogen) atoms. The molecule has 0 aliphatic rings. The van der Waals surface area contributed by atoms with Crippen LogP contribution in [0, 0.1) is 11.6 Å². The van der Waals surface area contributed by atoms with Crippen molar-refractivity contribution in [3.63, 3.8) is 0 Å². The van der Waals surface area contributed by atoms with E-state index in [2.05, 4.69) is 20.3 Å².